The number of carbonyl (C=O) groups excluding carboxylic acids is 1. The highest BCUT2D eigenvalue weighted by Crippen LogP contribution is 2.24. The molecule has 28 heavy (non-hydrogen) atoms. The molecular formula is C22H29N3O3. The molecule has 1 fully saturated rings. The highest BCUT2D eigenvalue weighted by Gasteiger charge is 2.26. The van der Waals surface area contributed by atoms with Gasteiger partial charge in [0.15, 0.2) is 0 Å². The zero-order chi connectivity index (χ0) is 20.1. The number of hydrogen-bond acceptors (Lipinski definition) is 4. The minimum atomic E-state index is -0.340. The highest BCUT2D eigenvalue weighted by molar-refractivity contribution is 5.77. The van der Waals surface area contributed by atoms with Crippen LogP contribution >= 0.6 is 0 Å². The molecule has 0 radical (unpaired) electrons. The van der Waals surface area contributed by atoms with Gasteiger partial charge in [0.2, 0.25) is 5.91 Å². The number of aromatic nitrogens is 2. The van der Waals surface area contributed by atoms with E-state index in [9.17, 15) is 14.7 Å². The molecule has 6 heteroatoms. The van der Waals surface area contributed by atoms with Crippen molar-refractivity contribution in [1.82, 2.24) is 14.9 Å². The largest absolute Gasteiger partial charge is 0.508 e. The third-order valence-corrected chi connectivity index (χ3v) is 5.67. The number of carbonyl (C=O) groups is 1. The Bertz CT molecular complexity index is 865. The molecule has 2 heterocycles. The van der Waals surface area contributed by atoms with Gasteiger partial charge in [0.25, 0.3) is 0 Å². The maximum atomic E-state index is 12.9. The van der Waals surface area contributed by atoms with Gasteiger partial charge in [-0.05, 0) is 75.6 Å². The Morgan fingerprint density at radius 1 is 1.29 bits per heavy atom. The number of nitrogens with zero attached hydrogens (tertiary/aromatic N) is 2. The van der Waals surface area contributed by atoms with Crippen LogP contribution in [0, 0.1) is 13.8 Å². The SMILES string of the molecule is Cc1nc(=O)[nH]c(C)c1CCC(=O)N1CCCC[C@H]1CCc1cccc(O)c1. The Morgan fingerprint density at radius 3 is 2.86 bits per heavy atom. The van der Waals surface area contributed by atoms with Gasteiger partial charge in [-0.1, -0.05) is 12.1 Å². The van der Waals surface area contributed by atoms with Crippen molar-refractivity contribution >= 4 is 5.91 Å². The fourth-order valence-corrected chi connectivity index (χ4v) is 4.17. The van der Waals surface area contributed by atoms with Gasteiger partial charge in [-0.15, -0.1) is 0 Å². The molecule has 1 aromatic carbocycles. The summed E-state index contributed by atoms with van der Waals surface area (Å²) in [5.74, 6) is 0.458. The molecule has 1 aliphatic rings. The molecule has 1 amide bonds. The van der Waals surface area contributed by atoms with E-state index in [0.717, 1.165) is 55.5 Å². The molecule has 0 bridgehead atoms. The number of rotatable bonds is 6. The van der Waals surface area contributed by atoms with Crippen LogP contribution in [0.4, 0.5) is 0 Å². The highest BCUT2D eigenvalue weighted by atomic mass is 16.3. The fraction of sp³-hybridized carbons (Fsp3) is 0.500. The van der Waals surface area contributed by atoms with Crippen LogP contribution in [0.3, 0.4) is 0 Å². The quantitative estimate of drug-likeness (QED) is 0.803. The Balaban J connectivity index is 1.61. The van der Waals surface area contributed by atoms with E-state index in [0.29, 0.717) is 18.5 Å². The summed E-state index contributed by atoms with van der Waals surface area (Å²) in [6, 6.07) is 7.60. The molecule has 3 rings (SSSR count). The van der Waals surface area contributed by atoms with Crippen molar-refractivity contribution in [1.29, 1.82) is 0 Å². The van der Waals surface area contributed by atoms with Crippen LogP contribution in [0.5, 0.6) is 5.75 Å². The Labute approximate surface area is 165 Å². The van der Waals surface area contributed by atoms with Crippen LogP contribution in [-0.2, 0) is 17.6 Å². The molecule has 2 N–H and O–H groups in total. The van der Waals surface area contributed by atoms with Crippen molar-refractivity contribution in [3.8, 4) is 5.75 Å². The molecular weight excluding hydrogens is 354 g/mol. The number of nitrogens with one attached hydrogen (secondary N) is 1. The molecule has 0 aliphatic carbocycles. The maximum absolute atomic E-state index is 12.9. The van der Waals surface area contributed by atoms with E-state index < -0.39 is 0 Å². The molecule has 1 saturated heterocycles. The second-order valence-corrected chi connectivity index (χ2v) is 7.68. The minimum Gasteiger partial charge on any atom is -0.508 e. The molecule has 0 spiro atoms. The third-order valence-electron chi connectivity index (χ3n) is 5.67. The van der Waals surface area contributed by atoms with Crippen LogP contribution in [0.15, 0.2) is 29.1 Å². The first-order chi connectivity index (χ1) is 13.4. The number of phenols is 1. The Morgan fingerprint density at radius 2 is 2.11 bits per heavy atom. The lowest BCUT2D eigenvalue weighted by atomic mass is 9.95. The number of aromatic amines is 1. The van der Waals surface area contributed by atoms with E-state index >= 15 is 0 Å². The lowest BCUT2D eigenvalue weighted by molar-refractivity contribution is -0.135. The second kappa shape index (κ2) is 9.04. The van der Waals surface area contributed by atoms with Gasteiger partial charge < -0.3 is 15.0 Å². The predicted molar refractivity (Wildman–Crippen MR) is 108 cm³/mol. The average molecular weight is 383 g/mol. The van der Waals surface area contributed by atoms with Crippen LogP contribution in [0.25, 0.3) is 0 Å². The monoisotopic (exact) mass is 383 g/mol. The first-order valence-corrected chi connectivity index (χ1v) is 10.1. The van der Waals surface area contributed by atoms with Crippen LogP contribution < -0.4 is 5.69 Å². The number of hydrogen-bond donors (Lipinski definition) is 2. The van der Waals surface area contributed by atoms with Crippen molar-refractivity contribution in [2.24, 2.45) is 0 Å². The molecule has 0 saturated carbocycles. The standard InChI is InChI=1S/C22H29N3O3/c1-15-20(16(2)24-22(28)23-15)11-12-21(27)25-13-4-3-7-18(25)10-9-17-6-5-8-19(26)14-17/h5-6,8,14,18,26H,3-4,7,9-13H2,1-2H3,(H,23,24,28)/t18-/m0/s1. The number of H-pyrrole nitrogens is 1. The van der Waals surface area contributed by atoms with Gasteiger partial charge in [0.1, 0.15) is 5.75 Å². The molecule has 150 valence electrons. The number of piperidine rings is 1. The summed E-state index contributed by atoms with van der Waals surface area (Å²) in [6.45, 7) is 4.49. The van der Waals surface area contributed by atoms with Gasteiger partial charge in [-0.3, -0.25) is 4.79 Å². The van der Waals surface area contributed by atoms with Gasteiger partial charge in [-0.2, -0.15) is 4.98 Å². The minimum absolute atomic E-state index is 0.172. The smallest absolute Gasteiger partial charge is 0.345 e. The van der Waals surface area contributed by atoms with Crippen molar-refractivity contribution < 1.29 is 9.90 Å². The van der Waals surface area contributed by atoms with Crippen molar-refractivity contribution in [2.75, 3.05) is 6.54 Å². The average Bonchev–Trinajstić information content (AvgIpc) is 2.65. The van der Waals surface area contributed by atoms with Crippen LogP contribution in [-0.4, -0.2) is 38.5 Å². The van der Waals surface area contributed by atoms with Crippen molar-refractivity contribution in [2.45, 2.75) is 64.8 Å². The van der Waals surface area contributed by atoms with Gasteiger partial charge in [-0.25, -0.2) is 4.79 Å². The summed E-state index contributed by atoms with van der Waals surface area (Å²) in [4.78, 5) is 33.1. The molecule has 1 atom stereocenters. The molecule has 1 aromatic heterocycles. The number of amides is 1. The lowest BCUT2D eigenvalue weighted by Gasteiger charge is -2.36. The number of phenolic OH excluding ortho intramolecular Hbond substituents is 1. The number of aromatic hydroxyl groups is 1. The normalized spacial score (nSPS) is 16.9. The van der Waals surface area contributed by atoms with Gasteiger partial charge >= 0.3 is 5.69 Å². The van der Waals surface area contributed by atoms with E-state index in [-0.39, 0.29) is 23.4 Å². The van der Waals surface area contributed by atoms with Crippen molar-refractivity contribution in [3.05, 3.63) is 57.3 Å². The predicted octanol–water partition coefficient (Wildman–Crippen LogP) is 3.04. The zero-order valence-corrected chi connectivity index (χ0v) is 16.7. The third kappa shape index (κ3) is 5.00. The number of aryl methyl sites for hydroxylation is 3. The zero-order valence-electron chi connectivity index (χ0n) is 16.7. The summed E-state index contributed by atoms with van der Waals surface area (Å²) in [5, 5.41) is 9.64. The van der Waals surface area contributed by atoms with E-state index in [2.05, 4.69) is 9.97 Å². The summed E-state index contributed by atoms with van der Waals surface area (Å²) >= 11 is 0. The first kappa shape index (κ1) is 20.1. The maximum Gasteiger partial charge on any atom is 0.345 e. The second-order valence-electron chi connectivity index (χ2n) is 7.68. The molecule has 0 unspecified atom stereocenters. The first-order valence-electron chi connectivity index (χ1n) is 10.1. The summed E-state index contributed by atoms with van der Waals surface area (Å²) in [6.07, 6.45) is 6.01. The van der Waals surface area contributed by atoms with Gasteiger partial charge in [0.05, 0.1) is 0 Å². The van der Waals surface area contributed by atoms with E-state index in [4.69, 9.17) is 0 Å². The summed E-state index contributed by atoms with van der Waals surface area (Å²) in [7, 11) is 0. The number of likely N-dealkylation sites (tertiary alicyclic amines) is 1. The lowest BCUT2D eigenvalue weighted by Crippen LogP contribution is -2.44. The Hall–Kier alpha value is -2.63. The number of benzene rings is 1. The summed E-state index contributed by atoms with van der Waals surface area (Å²) in [5.41, 5.74) is 3.22. The van der Waals surface area contributed by atoms with Gasteiger partial charge in [0, 0.05) is 30.4 Å². The van der Waals surface area contributed by atoms with E-state index in [1.807, 2.05) is 30.9 Å². The van der Waals surface area contributed by atoms with Crippen molar-refractivity contribution in [3.63, 3.8) is 0 Å². The van der Waals surface area contributed by atoms with E-state index in [1.54, 1.807) is 12.1 Å². The Kier molecular flexibility index (Phi) is 6.49. The van der Waals surface area contributed by atoms with Crippen LogP contribution in [0.1, 0.15) is 54.6 Å². The van der Waals surface area contributed by atoms with E-state index in [1.165, 1.54) is 0 Å². The topological polar surface area (TPSA) is 86.3 Å². The molecule has 6 nitrogen and oxygen atoms in total. The molecule has 1 aliphatic heterocycles. The molecule has 2 aromatic rings. The van der Waals surface area contributed by atoms with Crippen LogP contribution in [0.2, 0.25) is 0 Å². The fourth-order valence-electron chi connectivity index (χ4n) is 4.17. The summed E-state index contributed by atoms with van der Waals surface area (Å²) < 4.78 is 0.